The Morgan fingerprint density at radius 1 is 0.468 bits per heavy atom. The molecule has 1 fully saturated rings. The van der Waals surface area contributed by atoms with Gasteiger partial charge in [-0.1, -0.05) is 152 Å². The first-order valence-corrected chi connectivity index (χ1v) is 16.3. The molecule has 6 rings (SSSR count). The lowest BCUT2D eigenvalue weighted by Crippen LogP contribution is -2.63. The second-order valence-electron chi connectivity index (χ2n) is 11.9. The van der Waals surface area contributed by atoms with E-state index < -0.39 is 36.6 Å². The molecule has 5 aromatic carbocycles. The second kappa shape index (κ2) is 17.1. The summed E-state index contributed by atoms with van der Waals surface area (Å²) >= 11 is 0. The van der Waals surface area contributed by atoms with E-state index in [1.807, 2.05) is 103 Å². The fraction of sp³-hybridized carbons (Fsp3) is 0.268. The number of benzene rings is 5. The van der Waals surface area contributed by atoms with Crippen LogP contribution in [-0.4, -0.2) is 37.1 Å². The highest BCUT2D eigenvalue weighted by atomic mass is 16.6. The Labute approximate surface area is 278 Å². The third-order valence-electron chi connectivity index (χ3n) is 8.46. The van der Waals surface area contributed by atoms with E-state index in [9.17, 15) is 0 Å². The molecule has 6 atom stereocenters. The van der Waals surface area contributed by atoms with Crippen LogP contribution in [0.3, 0.4) is 0 Å². The summed E-state index contributed by atoms with van der Waals surface area (Å²) < 4.78 is 33.6. The van der Waals surface area contributed by atoms with Gasteiger partial charge in [-0.25, -0.2) is 0 Å². The number of hydrogen-bond acceptors (Lipinski definition) is 6. The zero-order chi connectivity index (χ0) is 32.1. The van der Waals surface area contributed by atoms with Crippen LogP contribution in [0.15, 0.2) is 152 Å². The van der Waals surface area contributed by atoms with E-state index in [2.05, 4.69) is 48.5 Å². The van der Waals surface area contributed by atoms with E-state index in [-0.39, 0.29) is 0 Å². The van der Waals surface area contributed by atoms with Gasteiger partial charge in [-0.2, -0.15) is 0 Å². The minimum absolute atomic E-state index is 0.295. The van der Waals surface area contributed by atoms with Gasteiger partial charge in [0.1, 0.15) is 30.5 Å². The molecule has 0 aromatic heterocycles. The molecule has 0 aliphatic carbocycles. The van der Waals surface area contributed by atoms with E-state index in [0.717, 1.165) is 27.8 Å². The molecule has 0 amide bonds. The highest BCUT2D eigenvalue weighted by Gasteiger charge is 2.50. The summed E-state index contributed by atoms with van der Waals surface area (Å²) in [5.74, 6) is 0. The van der Waals surface area contributed by atoms with Crippen molar-refractivity contribution in [2.24, 2.45) is 5.73 Å². The van der Waals surface area contributed by atoms with Crippen LogP contribution < -0.4 is 5.73 Å². The van der Waals surface area contributed by atoms with E-state index >= 15 is 0 Å². The average molecular weight is 630 g/mol. The van der Waals surface area contributed by atoms with Crippen molar-refractivity contribution < 1.29 is 23.7 Å². The Hall–Kier alpha value is -4.14. The van der Waals surface area contributed by atoms with Crippen molar-refractivity contribution in [1.82, 2.24) is 0 Å². The van der Waals surface area contributed by atoms with Gasteiger partial charge in [0.15, 0.2) is 0 Å². The summed E-state index contributed by atoms with van der Waals surface area (Å²) in [5.41, 5.74) is 12.3. The molecule has 0 saturated carbocycles. The van der Waals surface area contributed by atoms with Gasteiger partial charge in [-0.05, 0) is 27.8 Å². The Morgan fingerprint density at radius 2 is 0.851 bits per heavy atom. The summed E-state index contributed by atoms with van der Waals surface area (Å²) in [5, 5.41) is 0. The molecule has 6 nitrogen and oxygen atoms in total. The summed E-state index contributed by atoms with van der Waals surface area (Å²) in [6, 6.07) is 50.1. The first kappa shape index (κ1) is 32.8. The molecule has 0 radical (unpaired) electrons. The van der Waals surface area contributed by atoms with Gasteiger partial charge < -0.3 is 29.4 Å². The third-order valence-corrected chi connectivity index (χ3v) is 8.46. The number of hydrogen-bond donors (Lipinski definition) is 1. The molecule has 5 aromatic rings. The summed E-state index contributed by atoms with van der Waals surface area (Å²) in [4.78, 5) is 0. The maximum Gasteiger partial charge on any atom is 0.115 e. The van der Waals surface area contributed by atoms with Gasteiger partial charge in [0.05, 0.1) is 39.1 Å². The van der Waals surface area contributed by atoms with Gasteiger partial charge in [-0.3, -0.25) is 0 Å². The molecule has 1 aliphatic heterocycles. The topological polar surface area (TPSA) is 72.2 Å². The molecule has 1 heterocycles. The first-order valence-electron chi connectivity index (χ1n) is 16.3. The van der Waals surface area contributed by atoms with Gasteiger partial charge in [0.2, 0.25) is 0 Å². The van der Waals surface area contributed by atoms with Crippen LogP contribution in [0.5, 0.6) is 0 Å². The minimum atomic E-state index is -0.541. The smallest absolute Gasteiger partial charge is 0.115 e. The van der Waals surface area contributed by atoms with Crippen molar-refractivity contribution in [3.05, 3.63) is 179 Å². The van der Waals surface area contributed by atoms with Crippen molar-refractivity contribution >= 4 is 0 Å². The van der Waals surface area contributed by atoms with Crippen molar-refractivity contribution in [3.8, 4) is 0 Å². The van der Waals surface area contributed by atoms with Gasteiger partial charge >= 0.3 is 0 Å². The Kier molecular flexibility index (Phi) is 12.0. The molecule has 0 unspecified atom stereocenters. The molecule has 0 bridgehead atoms. The average Bonchev–Trinajstić information content (AvgIpc) is 3.14. The van der Waals surface area contributed by atoms with Crippen LogP contribution in [-0.2, 0) is 50.1 Å². The van der Waals surface area contributed by atoms with Crippen molar-refractivity contribution in [3.63, 3.8) is 0 Å². The lowest BCUT2D eigenvalue weighted by Gasteiger charge is -2.48. The van der Waals surface area contributed by atoms with Crippen LogP contribution in [0.2, 0.25) is 0 Å². The zero-order valence-corrected chi connectivity index (χ0v) is 26.6. The van der Waals surface area contributed by atoms with Gasteiger partial charge in [0, 0.05) is 0 Å². The van der Waals surface area contributed by atoms with Crippen LogP contribution in [0.4, 0.5) is 0 Å². The summed E-state index contributed by atoms with van der Waals surface area (Å²) in [7, 11) is 0. The van der Waals surface area contributed by atoms with E-state index in [1.165, 1.54) is 0 Å². The number of nitrogens with two attached hydrogens (primary N) is 1. The number of rotatable bonds is 15. The third kappa shape index (κ3) is 9.24. The van der Waals surface area contributed by atoms with Crippen LogP contribution >= 0.6 is 0 Å². The molecule has 2 N–H and O–H groups in total. The number of ether oxygens (including phenoxy) is 5. The van der Waals surface area contributed by atoms with Gasteiger partial charge in [-0.15, -0.1) is 0 Å². The standard InChI is InChI=1S/C41H43NO5/c42-37(35-24-14-5-15-25-35)39-41(46-29-34-22-12-4-13-23-34)40(45-28-33-20-10-3-11-21-33)38(44-27-32-18-8-2-9-19-32)36(47-39)30-43-26-31-16-6-1-7-17-31/h1-25,36-41H,26-30,42H2/t36-,37-,38-,39+,40+,41+/m1/s1. The highest BCUT2D eigenvalue weighted by Crippen LogP contribution is 2.35. The predicted octanol–water partition coefficient (Wildman–Crippen LogP) is 7.43. The normalized spacial score (nSPS) is 21.7. The summed E-state index contributed by atoms with van der Waals surface area (Å²) in [6.07, 6.45) is -2.57. The van der Waals surface area contributed by atoms with Gasteiger partial charge in [0.25, 0.3) is 0 Å². The maximum atomic E-state index is 7.05. The zero-order valence-electron chi connectivity index (χ0n) is 26.6. The van der Waals surface area contributed by atoms with Crippen molar-refractivity contribution in [2.45, 2.75) is 63.0 Å². The highest BCUT2D eigenvalue weighted by molar-refractivity contribution is 5.22. The largest absolute Gasteiger partial charge is 0.374 e. The van der Waals surface area contributed by atoms with E-state index in [4.69, 9.17) is 29.4 Å². The Balaban J connectivity index is 1.34. The molecule has 0 spiro atoms. The Bertz CT molecular complexity index is 1570. The van der Waals surface area contributed by atoms with Crippen molar-refractivity contribution in [2.75, 3.05) is 6.61 Å². The fourth-order valence-corrected chi connectivity index (χ4v) is 5.98. The fourth-order valence-electron chi connectivity index (χ4n) is 5.98. The van der Waals surface area contributed by atoms with Crippen LogP contribution in [0, 0.1) is 0 Å². The first-order chi connectivity index (χ1) is 23.2. The monoisotopic (exact) mass is 629 g/mol. The quantitative estimate of drug-likeness (QED) is 0.130. The molecule has 1 aliphatic rings. The van der Waals surface area contributed by atoms with Crippen LogP contribution in [0.1, 0.15) is 33.9 Å². The second-order valence-corrected chi connectivity index (χ2v) is 11.9. The molecule has 47 heavy (non-hydrogen) atoms. The van der Waals surface area contributed by atoms with E-state index in [1.54, 1.807) is 0 Å². The molecule has 242 valence electrons. The maximum absolute atomic E-state index is 7.05. The molecule has 6 heteroatoms. The SMILES string of the molecule is N[C@H](c1ccccc1)[C@@H]1O[C@H](COCc2ccccc2)[C@@H](OCc2ccccc2)[C@H](OCc2ccccc2)[C@H]1OCc1ccccc1. The minimum Gasteiger partial charge on any atom is -0.374 e. The molecule has 1 saturated heterocycles. The van der Waals surface area contributed by atoms with E-state index in [0.29, 0.717) is 33.0 Å². The Morgan fingerprint density at radius 3 is 1.32 bits per heavy atom. The predicted molar refractivity (Wildman–Crippen MR) is 183 cm³/mol. The van der Waals surface area contributed by atoms with Crippen molar-refractivity contribution in [1.29, 1.82) is 0 Å². The molecular formula is C41H43NO5. The molecular weight excluding hydrogens is 586 g/mol. The lowest BCUT2D eigenvalue weighted by atomic mass is 9.88. The van der Waals surface area contributed by atoms with Crippen LogP contribution in [0.25, 0.3) is 0 Å². The summed E-state index contributed by atoms with van der Waals surface area (Å²) in [6.45, 7) is 1.88. The lowest BCUT2D eigenvalue weighted by molar-refractivity contribution is -0.276.